The number of thioether (sulfide) groups is 1. The number of anilines is 8. The lowest BCUT2D eigenvalue weighted by molar-refractivity contribution is 0.122. The van der Waals surface area contributed by atoms with Crippen molar-refractivity contribution < 1.29 is 18.9 Å². The Labute approximate surface area is 735 Å². The van der Waals surface area contributed by atoms with E-state index in [2.05, 4.69) is 249 Å². The lowest BCUT2D eigenvalue weighted by Crippen LogP contribution is -2.39. The maximum atomic E-state index is 5.56. The van der Waals surface area contributed by atoms with Gasteiger partial charge in [-0.15, -0.1) is 0 Å². The van der Waals surface area contributed by atoms with Gasteiger partial charge in [-0.1, -0.05) is 158 Å². The van der Waals surface area contributed by atoms with E-state index in [4.69, 9.17) is 58.8 Å². The monoisotopic (exact) mass is 1690 g/mol. The molecular weight excluding hydrogens is 1570 g/mol. The van der Waals surface area contributed by atoms with Crippen LogP contribution in [0.5, 0.6) is 11.5 Å². The minimum Gasteiger partial charge on any atom is -0.493 e. The number of hydrogen-bond acceptors (Lipinski definition) is 25. The van der Waals surface area contributed by atoms with Crippen LogP contribution in [0.3, 0.4) is 0 Å². The van der Waals surface area contributed by atoms with Crippen molar-refractivity contribution in [3.8, 4) is 11.5 Å². The largest absolute Gasteiger partial charge is 0.493 e. The number of fused-ring (bicyclic) bond motifs is 4. The molecule has 124 heavy (non-hydrogen) atoms. The van der Waals surface area contributed by atoms with Gasteiger partial charge in [0.05, 0.1) is 62.7 Å². The van der Waals surface area contributed by atoms with Crippen LogP contribution in [0.2, 0.25) is 0 Å². The number of methoxy groups -OCH3 is 2. The number of ether oxygens (including phenoxy) is 4. The smallest absolute Gasteiger partial charge is 0.228 e. The van der Waals surface area contributed by atoms with E-state index in [1.807, 2.05) is 30.0 Å². The Kier molecular flexibility index (Phi) is 29.8. The van der Waals surface area contributed by atoms with E-state index in [0.717, 1.165) is 298 Å². The van der Waals surface area contributed by atoms with Gasteiger partial charge in [-0.2, -0.15) is 31.7 Å². The molecule has 8 aliphatic heterocycles. The lowest BCUT2D eigenvalue weighted by Gasteiger charge is -2.33. The summed E-state index contributed by atoms with van der Waals surface area (Å²) >= 11 is 2.01. The van der Waals surface area contributed by atoms with Gasteiger partial charge >= 0.3 is 0 Å². The molecule has 25 heteroatoms. The van der Waals surface area contributed by atoms with Crippen LogP contribution < -0.4 is 50.3 Å². The number of hydrogen-bond donors (Lipinski definition) is 4. The molecule has 0 amide bonds. The van der Waals surface area contributed by atoms with Gasteiger partial charge in [0.2, 0.25) is 23.8 Å². The number of likely N-dealkylation sites (tertiary alicyclic amines) is 4. The van der Waals surface area contributed by atoms with Crippen LogP contribution in [0.1, 0.15) is 92.9 Å². The Hall–Kier alpha value is -10.8. The van der Waals surface area contributed by atoms with Crippen molar-refractivity contribution >= 4 is 102 Å². The Morgan fingerprint density at radius 1 is 0.290 bits per heavy atom. The third-order valence-corrected chi connectivity index (χ3v) is 26.1. The summed E-state index contributed by atoms with van der Waals surface area (Å²) in [5.74, 6) is 10.8. The van der Waals surface area contributed by atoms with Gasteiger partial charge < -0.3 is 59.8 Å². The van der Waals surface area contributed by atoms with Crippen LogP contribution in [0, 0.1) is 0 Å². The first-order chi connectivity index (χ1) is 61.3. The fourth-order valence-electron chi connectivity index (χ4n) is 18.1. The van der Waals surface area contributed by atoms with Crippen molar-refractivity contribution in [2.45, 2.75) is 121 Å². The molecule has 24 nitrogen and oxygen atoms in total. The minimum absolute atomic E-state index is 0.357. The number of aromatic nitrogens is 8. The third-order valence-electron chi connectivity index (χ3n) is 25.2. The molecule has 0 spiro atoms. The summed E-state index contributed by atoms with van der Waals surface area (Å²) in [6.07, 6.45) is 12.7. The summed E-state index contributed by atoms with van der Waals surface area (Å²) in [5, 5.41) is 19.4. The topological polar surface area (TPSA) is 214 Å². The molecule has 8 fully saturated rings. The van der Waals surface area contributed by atoms with Gasteiger partial charge in [0.15, 0.2) is 11.5 Å². The Bertz CT molecular complexity index is 4930. The van der Waals surface area contributed by atoms with E-state index >= 15 is 0 Å². The normalized spacial score (nSPS) is 18.3. The summed E-state index contributed by atoms with van der Waals surface area (Å²) < 4.78 is 22.1. The van der Waals surface area contributed by atoms with Gasteiger partial charge in [0.25, 0.3) is 0 Å². The molecule has 0 aliphatic carbocycles. The molecule has 12 heterocycles. The second-order valence-corrected chi connectivity index (χ2v) is 35.1. The molecule has 0 unspecified atom stereocenters. The van der Waals surface area contributed by atoms with Crippen molar-refractivity contribution in [2.24, 2.45) is 0 Å². The second kappa shape index (κ2) is 43.2. The van der Waals surface area contributed by atoms with Crippen molar-refractivity contribution in [3.63, 3.8) is 0 Å². The SMILES string of the molecule is COc1cc2nc(N3CCOCC3)nc(NC3CCN(Cc4ccccc4)CC3)c2cc1OC.c1ccc(CN2CCC(Nc3nc(N4CCCCC4)nc4ccccc34)CC2)cc1.c1ccc(CN2CCC(Nc3nc(N4CCOCC4)nc4ccccc34)CC2)cc1.c1ccc(CN2CCC(Nc3nc(N4CCSCC4)nc4ccccc34)CC2)cc1. The zero-order valence-electron chi connectivity index (χ0n) is 72.3. The summed E-state index contributed by atoms with van der Waals surface area (Å²) in [6, 6.07) is 73.7. The Balaban J connectivity index is 0.000000117. The first-order valence-electron chi connectivity index (χ1n) is 45.4. The van der Waals surface area contributed by atoms with E-state index in [-0.39, 0.29) is 0 Å². The number of para-hydroxylation sites is 3. The lowest BCUT2D eigenvalue weighted by atomic mass is 10.0. The van der Waals surface area contributed by atoms with Gasteiger partial charge in [-0.3, -0.25) is 19.6 Å². The first kappa shape index (κ1) is 85.4. The number of nitrogens with zero attached hydrogens (tertiary/aromatic N) is 16. The predicted octanol–water partition coefficient (Wildman–Crippen LogP) is 16.1. The molecular formula is C99H122N20O4S. The van der Waals surface area contributed by atoms with Gasteiger partial charge in [-0.05, 0) is 135 Å². The third kappa shape index (κ3) is 23.0. The zero-order valence-corrected chi connectivity index (χ0v) is 73.1. The van der Waals surface area contributed by atoms with Crippen LogP contribution in [0.15, 0.2) is 206 Å². The Morgan fingerprint density at radius 3 is 0.887 bits per heavy atom. The molecule has 648 valence electrons. The maximum Gasteiger partial charge on any atom is 0.228 e. The first-order valence-corrected chi connectivity index (χ1v) is 46.5. The number of piperidine rings is 5. The van der Waals surface area contributed by atoms with Crippen LogP contribution in [-0.2, 0) is 35.7 Å². The summed E-state index contributed by atoms with van der Waals surface area (Å²) in [5.41, 5.74) is 9.47. The quantitative estimate of drug-likeness (QED) is 0.0496. The summed E-state index contributed by atoms with van der Waals surface area (Å²) in [6.45, 7) is 23.2. The fraction of sp³-hybridized carbons (Fsp3) is 0.434. The van der Waals surface area contributed by atoms with Crippen LogP contribution in [0.4, 0.5) is 47.1 Å². The highest BCUT2D eigenvalue weighted by Gasteiger charge is 2.29. The molecule has 0 radical (unpaired) electrons. The van der Waals surface area contributed by atoms with Crippen molar-refractivity contribution in [1.82, 2.24) is 59.5 Å². The van der Waals surface area contributed by atoms with Gasteiger partial charge in [-0.25, -0.2) is 19.9 Å². The molecule has 4 N–H and O–H groups in total. The van der Waals surface area contributed by atoms with Gasteiger partial charge in [0, 0.05) is 194 Å². The van der Waals surface area contributed by atoms with Crippen molar-refractivity contribution in [3.05, 3.63) is 229 Å². The molecule has 12 aromatic rings. The standard InChI is InChI=1S/C26H33N5O3.C25H31N5.C24H29N5O.C24H29N5S/c1-32-23-16-21-22(17-24(23)33-2)28-26(31-12-14-34-15-13-31)29-25(21)27-20-8-10-30(11-9-20)18-19-6-4-3-5-7-19;1-3-9-20(10-4-1)19-29-17-13-21(14-18-29)26-24-22-11-5-6-12-23(22)27-25(28-24)30-15-7-2-8-16-30;2*1-2-6-19(7-3-1)18-28-12-10-20(11-13-28)25-23-21-8-4-5-9-22(21)26-24(27-23)29-14-16-30-17-15-29/h3-7,16-17,20H,8-15,18H2,1-2H3,(H,27,28,29);1,3-6,9-12,21H,2,7-8,13-19H2,(H,26,27,28);2*1-9,20H,10-18H2,(H,25,26,27). The molecule has 0 bridgehead atoms. The Morgan fingerprint density at radius 2 is 0.565 bits per heavy atom. The van der Waals surface area contributed by atoms with E-state index in [9.17, 15) is 0 Å². The number of nitrogens with one attached hydrogen (secondary N) is 4. The van der Waals surface area contributed by atoms with Crippen LogP contribution in [-0.4, -0.2) is 241 Å². The molecule has 8 aromatic carbocycles. The summed E-state index contributed by atoms with van der Waals surface area (Å²) in [4.78, 5) is 58.6. The minimum atomic E-state index is 0.357. The van der Waals surface area contributed by atoms with Crippen molar-refractivity contribution in [2.75, 3.05) is 198 Å². The molecule has 0 saturated carbocycles. The molecule has 20 rings (SSSR count). The molecule has 8 saturated heterocycles. The zero-order chi connectivity index (χ0) is 83.9. The molecule has 4 aromatic heterocycles. The van der Waals surface area contributed by atoms with Crippen molar-refractivity contribution in [1.29, 1.82) is 0 Å². The highest BCUT2D eigenvalue weighted by Crippen LogP contribution is 2.38. The van der Waals surface area contributed by atoms with E-state index in [1.165, 1.54) is 41.5 Å². The second-order valence-electron chi connectivity index (χ2n) is 33.8. The van der Waals surface area contributed by atoms with E-state index in [1.54, 1.807) is 14.2 Å². The highest BCUT2D eigenvalue weighted by molar-refractivity contribution is 7.99. The number of morpholine rings is 2. The fourth-order valence-corrected chi connectivity index (χ4v) is 19.0. The number of rotatable bonds is 22. The number of benzene rings is 8. The van der Waals surface area contributed by atoms with E-state index < -0.39 is 0 Å². The van der Waals surface area contributed by atoms with E-state index in [0.29, 0.717) is 48.9 Å². The highest BCUT2D eigenvalue weighted by atomic mass is 32.2. The van der Waals surface area contributed by atoms with Crippen LogP contribution >= 0.6 is 11.8 Å². The molecule has 0 atom stereocenters. The maximum absolute atomic E-state index is 5.56. The summed E-state index contributed by atoms with van der Waals surface area (Å²) in [7, 11) is 3.30. The van der Waals surface area contributed by atoms with Crippen LogP contribution in [0.25, 0.3) is 43.6 Å². The van der Waals surface area contributed by atoms with Gasteiger partial charge in [0.1, 0.15) is 23.3 Å². The predicted molar refractivity (Wildman–Crippen MR) is 506 cm³/mol. The molecule has 8 aliphatic rings. The average Bonchev–Trinajstić information content (AvgIpc) is 0.784. The average molecular weight is 1690 g/mol.